The van der Waals surface area contributed by atoms with Crippen LogP contribution in [-0.4, -0.2) is 15.1 Å². The van der Waals surface area contributed by atoms with Crippen LogP contribution in [0.15, 0.2) is 40.9 Å². The van der Waals surface area contributed by atoms with Crippen molar-refractivity contribution in [3.63, 3.8) is 0 Å². The van der Waals surface area contributed by atoms with E-state index in [0.717, 1.165) is 10.9 Å². The molecule has 3 rings (SSSR count). The van der Waals surface area contributed by atoms with Gasteiger partial charge in [-0.2, -0.15) is 4.98 Å². The third kappa shape index (κ3) is 1.84. The fraction of sp³-hybridized carbons (Fsp3) is 0.154. The molecule has 0 saturated carbocycles. The van der Waals surface area contributed by atoms with Crippen molar-refractivity contribution in [3.8, 4) is 11.5 Å². The zero-order valence-corrected chi connectivity index (χ0v) is 9.87. The van der Waals surface area contributed by atoms with Crippen molar-refractivity contribution < 1.29 is 4.52 Å². The lowest BCUT2D eigenvalue weighted by molar-refractivity contribution is 0.362. The number of fused-ring (bicyclic) bond motifs is 1. The first-order valence-corrected chi connectivity index (χ1v) is 5.69. The first kappa shape index (κ1) is 10.9. The van der Waals surface area contributed by atoms with Gasteiger partial charge >= 0.3 is 0 Å². The second-order valence-electron chi connectivity index (χ2n) is 4.13. The van der Waals surface area contributed by atoms with Gasteiger partial charge in [-0.25, -0.2) is 4.98 Å². The number of hydrogen-bond donors (Lipinski definition) is 1. The maximum Gasteiger partial charge on any atom is 0.243 e. The minimum Gasteiger partial charge on any atom is -0.337 e. The van der Waals surface area contributed by atoms with E-state index in [0.29, 0.717) is 17.4 Å². The van der Waals surface area contributed by atoms with Crippen LogP contribution >= 0.6 is 0 Å². The molecule has 0 bridgehead atoms. The van der Waals surface area contributed by atoms with Gasteiger partial charge in [0.05, 0.1) is 11.6 Å². The summed E-state index contributed by atoms with van der Waals surface area (Å²) in [5.74, 6) is 0.882. The highest BCUT2D eigenvalue weighted by Crippen LogP contribution is 2.19. The molecule has 0 aliphatic heterocycles. The molecule has 2 heterocycles. The number of para-hydroxylation sites is 1. The third-order valence-corrected chi connectivity index (χ3v) is 2.66. The van der Waals surface area contributed by atoms with Crippen LogP contribution in [0.3, 0.4) is 0 Å². The molecule has 3 aromatic rings. The molecule has 1 aromatic carbocycles. The van der Waals surface area contributed by atoms with Gasteiger partial charge < -0.3 is 10.3 Å². The van der Waals surface area contributed by atoms with Gasteiger partial charge in [-0.1, -0.05) is 29.4 Å². The molecule has 2 aromatic heterocycles. The molecule has 1 unspecified atom stereocenters. The van der Waals surface area contributed by atoms with Crippen LogP contribution in [0.1, 0.15) is 18.9 Å². The van der Waals surface area contributed by atoms with E-state index in [2.05, 4.69) is 15.1 Å². The molecule has 1 atom stereocenters. The fourth-order valence-corrected chi connectivity index (χ4v) is 1.71. The topological polar surface area (TPSA) is 77.8 Å². The van der Waals surface area contributed by atoms with Gasteiger partial charge in [0.25, 0.3) is 0 Å². The van der Waals surface area contributed by atoms with Crippen LogP contribution in [0, 0.1) is 0 Å². The number of nitrogens with zero attached hydrogens (tertiary/aromatic N) is 3. The lowest BCUT2D eigenvalue weighted by Gasteiger charge is -1.98. The third-order valence-electron chi connectivity index (χ3n) is 2.66. The first-order valence-electron chi connectivity index (χ1n) is 5.69. The van der Waals surface area contributed by atoms with Crippen LogP contribution in [0.5, 0.6) is 0 Å². The molecular formula is C13H12N4O. The van der Waals surface area contributed by atoms with E-state index in [-0.39, 0.29) is 6.04 Å². The van der Waals surface area contributed by atoms with Gasteiger partial charge in [0.2, 0.25) is 11.7 Å². The summed E-state index contributed by atoms with van der Waals surface area (Å²) in [6.45, 7) is 1.80. The van der Waals surface area contributed by atoms with Gasteiger partial charge in [0, 0.05) is 5.39 Å². The van der Waals surface area contributed by atoms with Gasteiger partial charge in [0.15, 0.2) is 0 Å². The predicted octanol–water partition coefficient (Wildman–Crippen LogP) is 2.30. The molecule has 0 spiro atoms. The summed E-state index contributed by atoms with van der Waals surface area (Å²) in [4.78, 5) is 8.71. The van der Waals surface area contributed by atoms with E-state index < -0.39 is 0 Å². The molecule has 0 aliphatic carbocycles. The van der Waals surface area contributed by atoms with Gasteiger partial charge in [-0.15, -0.1) is 0 Å². The molecule has 90 valence electrons. The summed E-state index contributed by atoms with van der Waals surface area (Å²) in [6, 6.07) is 11.5. The SMILES string of the molecule is CC(N)c1nc(-c2ccc3ccccc3n2)no1. The van der Waals surface area contributed by atoms with Crippen LogP contribution in [-0.2, 0) is 0 Å². The molecule has 5 heteroatoms. The average Bonchev–Trinajstić information content (AvgIpc) is 2.88. The summed E-state index contributed by atoms with van der Waals surface area (Å²) < 4.78 is 5.07. The summed E-state index contributed by atoms with van der Waals surface area (Å²) in [6.07, 6.45) is 0. The second-order valence-corrected chi connectivity index (χ2v) is 4.13. The van der Waals surface area contributed by atoms with E-state index in [4.69, 9.17) is 10.3 Å². The van der Waals surface area contributed by atoms with E-state index in [1.165, 1.54) is 0 Å². The quantitative estimate of drug-likeness (QED) is 0.743. The first-order chi connectivity index (χ1) is 8.74. The van der Waals surface area contributed by atoms with Crippen molar-refractivity contribution in [2.24, 2.45) is 5.73 Å². The van der Waals surface area contributed by atoms with Crippen molar-refractivity contribution in [2.45, 2.75) is 13.0 Å². The monoisotopic (exact) mass is 240 g/mol. The standard InChI is InChI=1S/C13H12N4O/c1-8(14)13-16-12(17-18-13)11-7-6-9-4-2-3-5-10(9)15-11/h2-8H,14H2,1H3. The fourth-order valence-electron chi connectivity index (χ4n) is 1.71. The minimum atomic E-state index is -0.272. The Morgan fingerprint density at radius 1 is 1.11 bits per heavy atom. The highest BCUT2D eigenvalue weighted by molar-refractivity contribution is 5.80. The molecule has 5 nitrogen and oxygen atoms in total. The minimum absolute atomic E-state index is 0.272. The number of benzene rings is 1. The molecule has 2 N–H and O–H groups in total. The lowest BCUT2D eigenvalue weighted by Crippen LogP contribution is -2.04. The Bertz CT molecular complexity index is 690. The smallest absolute Gasteiger partial charge is 0.243 e. The van der Waals surface area contributed by atoms with E-state index >= 15 is 0 Å². The predicted molar refractivity (Wildman–Crippen MR) is 67.6 cm³/mol. The zero-order chi connectivity index (χ0) is 12.5. The highest BCUT2D eigenvalue weighted by atomic mass is 16.5. The summed E-state index contributed by atoms with van der Waals surface area (Å²) in [5.41, 5.74) is 7.27. The van der Waals surface area contributed by atoms with Crippen LogP contribution < -0.4 is 5.73 Å². The van der Waals surface area contributed by atoms with E-state index in [1.807, 2.05) is 36.4 Å². The lowest BCUT2D eigenvalue weighted by atomic mass is 10.2. The van der Waals surface area contributed by atoms with Crippen LogP contribution in [0.25, 0.3) is 22.4 Å². The molecule has 0 radical (unpaired) electrons. The molecular weight excluding hydrogens is 228 g/mol. The Kier molecular flexibility index (Phi) is 2.53. The number of pyridine rings is 1. The molecule has 18 heavy (non-hydrogen) atoms. The van der Waals surface area contributed by atoms with Crippen molar-refractivity contribution in [3.05, 3.63) is 42.3 Å². The Labute approximate surface area is 104 Å². The zero-order valence-electron chi connectivity index (χ0n) is 9.87. The molecule has 0 saturated heterocycles. The number of hydrogen-bond acceptors (Lipinski definition) is 5. The van der Waals surface area contributed by atoms with Crippen molar-refractivity contribution in [2.75, 3.05) is 0 Å². The number of aromatic nitrogens is 3. The van der Waals surface area contributed by atoms with Crippen molar-refractivity contribution in [1.29, 1.82) is 0 Å². The van der Waals surface area contributed by atoms with Crippen LogP contribution in [0.2, 0.25) is 0 Å². The van der Waals surface area contributed by atoms with E-state index in [1.54, 1.807) is 6.92 Å². The Morgan fingerprint density at radius 2 is 1.94 bits per heavy atom. The summed E-state index contributed by atoms with van der Waals surface area (Å²) in [5, 5.41) is 4.97. The van der Waals surface area contributed by atoms with Crippen molar-refractivity contribution in [1.82, 2.24) is 15.1 Å². The van der Waals surface area contributed by atoms with E-state index in [9.17, 15) is 0 Å². The second kappa shape index (κ2) is 4.19. The maximum atomic E-state index is 5.68. The van der Waals surface area contributed by atoms with Crippen molar-refractivity contribution >= 4 is 10.9 Å². The Morgan fingerprint density at radius 3 is 2.72 bits per heavy atom. The highest BCUT2D eigenvalue weighted by Gasteiger charge is 2.12. The molecule has 0 fully saturated rings. The largest absolute Gasteiger partial charge is 0.337 e. The van der Waals surface area contributed by atoms with Gasteiger partial charge in [-0.05, 0) is 19.1 Å². The Balaban J connectivity index is 2.07. The van der Waals surface area contributed by atoms with Gasteiger partial charge in [-0.3, -0.25) is 0 Å². The summed E-state index contributed by atoms with van der Waals surface area (Å²) in [7, 11) is 0. The summed E-state index contributed by atoms with van der Waals surface area (Å²) >= 11 is 0. The molecule has 0 amide bonds. The average molecular weight is 240 g/mol. The Hall–Kier alpha value is -2.27. The normalized spacial score (nSPS) is 12.8. The maximum absolute atomic E-state index is 5.68. The number of nitrogens with two attached hydrogens (primary N) is 1. The number of rotatable bonds is 2. The molecule has 0 aliphatic rings. The van der Waals surface area contributed by atoms with Crippen LogP contribution in [0.4, 0.5) is 0 Å². The van der Waals surface area contributed by atoms with Gasteiger partial charge in [0.1, 0.15) is 5.69 Å².